The predicted octanol–water partition coefficient (Wildman–Crippen LogP) is 2.37. The number of benzene rings is 1. The number of nitrogens with zero attached hydrogens (tertiary/aromatic N) is 3. The molecule has 3 rings (SSSR count). The number of non-ortho nitro benzene ring substituents is 1. The summed E-state index contributed by atoms with van der Waals surface area (Å²) in [5, 5.41) is 22.0. The molecule has 0 radical (unpaired) electrons. The maximum atomic E-state index is 10.8. The summed E-state index contributed by atoms with van der Waals surface area (Å²) < 4.78 is 0. The van der Waals surface area contributed by atoms with Gasteiger partial charge in [0.1, 0.15) is 0 Å². The number of fused-ring (bicyclic) bond motifs is 1. The van der Waals surface area contributed by atoms with Gasteiger partial charge in [-0.15, -0.1) is 0 Å². The van der Waals surface area contributed by atoms with Gasteiger partial charge in [0.25, 0.3) is 5.69 Å². The quantitative estimate of drug-likeness (QED) is 0.652. The molecule has 0 amide bonds. The summed E-state index contributed by atoms with van der Waals surface area (Å²) in [5.41, 5.74) is 0.893. The number of nitrogens with one attached hydrogen (secondary N) is 2. The number of rotatable bonds is 5. The second-order valence-corrected chi connectivity index (χ2v) is 5.39. The van der Waals surface area contributed by atoms with Crippen LogP contribution in [0.2, 0.25) is 0 Å². The molecule has 7 heteroatoms. The van der Waals surface area contributed by atoms with E-state index in [-0.39, 0.29) is 10.6 Å². The van der Waals surface area contributed by atoms with Gasteiger partial charge < -0.3 is 10.2 Å². The third-order valence-electron chi connectivity index (χ3n) is 3.93. The molecular formula is C14H19N5O2. The van der Waals surface area contributed by atoms with Gasteiger partial charge in [0, 0.05) is 25.2 Å². The Hall–Kier alpha value is -2.15. The summed E-state index contributed by atoms with van der Waals surface area (Å²) in [6.45, 7) is 4.09. The standard InChI is InChI=1S/C14H19N5O2/c20-19(21)11-4-5-13-12(10-11)14(17-16-13)15-6-9-18-7-2-1-3-8-18/h4-5,10H,1-3,6-9H2,(H2,15,16,17). The van der Waals surface area contributed by atoms with Crippen LogP contribution in [0.25, 0.3) is 10.9 Å². The third-order valence-corrected chi connectivity index (χ3v) is 3.93. The average molecular weight is 289 g/mol. The maximum absolute atomic E-state index is 10.8. The normalized spacial score (nSPS) is 16.2. The second kappa shape index (κ2) is 6.09. The molecular weight excluding hydrogens is 270 g/mol. The topological polar surface area (TPSA) is 87.1 Å². The number of aromatic amines is 1. The zero-order valence-corrected chi connectivity index (χ0v) is 11.8. The summed E-state index contributed by atoms with van der Waals surface area (Å²) in [7, 11) is 0. The van der Waals surface area contributed by atoms with Crippen molar-refractivity contribution in [3.63, 3.8) is 0 Å². The molecule has 1 aromatic carbocycles. The van der Waals surface area contributed by atoms with Crippen molar-refractivity contribution in [2.24, 2.45) is 0 Å². The van der Waals surface area contributed by atoms with E-state index in [1.54, 1.807) is 12.1 Å². The van der Waals surface area contributed by atoms with Crippen molar-refractivity contribution in [1.82, 2.24) is 15.1 Å². The van der Waals surface area contributed by atoms with E-state index in [1.807, 2.05) is 0 Å². The number of nitro benzene ring substituents is 1. The van der Waals surface area contributed by atoms with Crippen molar-refractivity contribution in [2.45, 2.75) is 19.3 Å². The Morgan fingerprint density at radius 3 is 2.90 bits per heavy atom. The van der Waals surface area contributed by atoms with Gasteiger partial charge in [0.15, 0.2) is 5.82 Å². The van der Waals surface area contributed by atoms with Gasteiger partial charge in [-0.2, -0.15) is 5.10 Å². The van der Waals surface area contributed by atoms with Crippen molar-refractivity contribution in [2.75, 3.05) is 31.5 Å². The molecule has 0 saturated carbocycles. The molecule has 112 valence electrons. The highest BCUT2D eigenvalue weighted by atomic mass is 16.6. The number of H-pyrrole nitrogens is 1. The fourth-order valence-electron chi connectivity index (χ4n) is 2.77. The Kier molecular flexibility index (Phi) is 4.01. The highest BCUT2D eigenvalue weighted by Crippen LogP contribution is 2.25. The zero-order chi connectivity index (χ0) is 14.7. The molecule has 0 unspecified atom stereocenters. The number of nitro groups is 1. The molecule has 0 aliphatic carbocycles. The monoisotopic (exact) mass is 289 g/mol. The summed E-state index contributed by atoms with van der Waals surface area (Å²) in [5.74, 6) is 0.686. The first kappa shape index (κ1) is 13.8. The SMILES string of the molecule is O=[N+]([O-])c1ccc2[nH]nc(NCCN3CCCCC3)c2c1. The summed E-state index contributed by atoms with van der Waals surface area (Å²) in [4.78, 5) is 12.9. The van der Waals surface area contributed by atoms with E-state index < -0.39 is 0 Å². The first-order valence-corrected chi connectivity index (χ1v) is 7.33. The molecule has 0 atom stereocenters. The Morgan fingerprint density at radius 1 is 1.33 bits per heavy atom. The lowest BCUT2D eigenvalue weighted by Crippen LogP contribution is -2.33. The minimum atomic E-state index is -0.385. The first-order valence-electron chi connectivity index (χ1n) is 7.33. The van der Waals surface area contributed by atoms with Crippen LogP contribution in [0.15, 0.2) is 18.2 Å². The van der Waals surface area contributed by atoms with Crippen molar-refractivity contribution in [1.29, 1.82) is 0 Å². The number of anilines is 1. The molecule has 1 saturated heterocycles. The van der Waals surface area contributed by atoms with Gasteiger partial charge in [0.05, 0.1) is 15.8 Å². The smallest absolute Gasteiger partial charge is 0.270 e. The van der Waals surface area contributed by atoms with Crippen LogP contribution in [0, 0.1) is 10.1 Å². The van der Waals surface area contributed by atoms with Gasteiger partial charge >= 0.3 is 0 Å². The zero-order valence-electron chi connectivity index (χ0n) is 11.8. The Morgan fingerprint density at radius 2 is 2.14 bits per heavy atom. The number of likely N-dealkylation sites (tertiary alicyclic amines) is 1. The molecule has 0 spiro atoms. The minimum Gasteiger partial charge on any atom is -0.367 e. The van der Waals surface area contributed by atoms with Gasteiger partial charge in [-0.05, 0) is 32.0 Å². The van der Waals surface area contributed by atoms with Gasteiger partial charge in [-0.1, -0.05) is 6.42 Å². The van der Waals surface area contributed by atoms with Crippen molar-refractivity contribution in [3.05, 3.63) is 28.3 Å². The van der Waals surface area contributed by atoms with Crippen LogP contribution in [0.1, 0.15) is 19.3 Å². The largest absolute Gasteiger partial charge is 0.367 e. The maximum Gasteiger partial charge on any atom is 0.270 e. The molecule has 2 aromatic rings. The van der Waals surface area contributed by atoms with E-state index in [1.165, 1.54) is 25.3 Å². The van der Waals surface area contributed by atoms with Crippen LogP contribution in [0.4, 0.5) is 11.5 Å². The molecule has 21 heavy (non-hydrogen) atoms. The van der Waals surface area contributed by atoms with E-state index >= 15 is 0 Å². The van der Waals surface area contributed by atoms with E-state index in [9.17, 15) is 10.1 Å². The lowest BCUT2D eigenvalue weighted by atomic mass is 10.1. The van der Waals surface area contributed by atoms with Crippen molar-refractivity contribution < 1.29 is 4.92 Å². The Bertz CT molecular complexity index is 633. The number of aromatic nitrogens is 2. The molecule has 1 fully saturated rings. The summed E-state index contributed by atoms with van der Waals surface area (Å²) >= 11 is 0. The minimum absolute atomic E-state index is 0.0861. The second-order valence-electron chi connectivity index (χ2n) is 5.39. The molecule has 1 aliphatic heterocycles. The highest BCUT2D eigenvalue weighted by Gasteiger charge is 2.13. The molecule has 2 heterocycles. The van der Waals surface area contributed by atoms with Crippen LogP contribution in [-0.4, -0.2) is 46.2 Å². The first-order chi connectivity index (χ1) is 10.2. The fourth-order valence-corrected chi connectivity index (χ4v) is 2.77. The highest BCUT2D eigenvalue weighted by molar-refractivity contribution is 5.91. The average Bonchev–Trinajstić information content (AvgIpc) is 2.91. The van der Waals surface area contributed by atoms with Gasteiger partial charge in [-0.3, -0.25) is 15.2 Å². The van der Waals surface area contributed by atoms with Crippen LogP contribution in [0.5, 0.6) is 0 Å². The molecule has 1 aliphatic rings. The molecule has 1 aromatic heterocycles. The van der Waals surface area contributed by atoms with E-state index in [2.05, 4.69) is 20.4 Å². The molecule has 7 nitrogen and oxygen atoms in total. The van der Waals surface area contributed by atoms with Gasteiger partial charge in [-0.25, -0.2) is 0 Å². The van der Waals surface area contributed by atoms with E-state index in [4.69, 9.17) is 0 Å². The van der Waals surface area contributed by atoms with Crippen LogP contribution in [-0.2, 0) is 0 Å². The van der Waals surface area contributed by atoms with E-state index in [0.717, 1.165) is 37.1 Å². The van der Waals surface area contributed by atoms with E-state index in [0.29, 0.717) is 5.82 Å². The lowest BCUT2D eigenvalue weighted by Gasteiger charge is -2.26. The summed E-state index contributed by atoms with van der Waals surface area (Å²) in [6.07, 6.45) is 3.88. The fraction of sp³-hybridized carbons (Fsp3) is 0.500. The van der Waals surface area contributed by atoms with Gasteiger partial charge in [0.2, 0.25) is 0 Å². The Labute approximate surface area is 122 Å². The van der Waals surface area contributed by atoms with Crippen LogP contribution < -0.4 is 5.32 Å². The Balaban J connectivity index is 1.65. The molecule has 2 N–H and O–H groups in total. The summed E-state index contributed by atoms with van der Waals surface area (Å²) in [6, 6.07) is 4.73. The molecule has 0 bridgehead atoms. The van der Waals surface area contributed by atoms with Crippen molar-refractivity contribution in [3.8, 4) is 0 Å². The predicted molar refractivity (Wildman–Crippen MR) is 81.5 cm³/mol. The number of hydrogen-bond donors (Lipinski definition) is 2. The van der Waals surface area contributed by atoms with Crippen LogP contribution >= 0.6 is 0 Å². The van der Waals surface area contributed by atoms with Crippen LogP contribution in [0.3, 0.4) is 0 Å². The number of hydrogen-bond acceptors (Lipinski definition) is 5. The number of piperidine rings is 1. The lowest BCUT2D eigenvalue weighted by molar-refractivity contribution is -0.384. The third kappa shape index (κ3) is 3.13. The van der Waals surface area contributed by atoms with Crippen molar-refractivity contribution >= 4 is 22.4 Å².